The highest BCUT2D eigenvalue weighted by Gasteiger charge is 2.51. The first kappa shape index (κ1) is 19.7. The molecule has 5 heteroatoms. The molecule has 1 aliphatic carbocycles. The lowest BCUT2D eigenvalue weighted by atomic mass is 9.65. The number of aromatic nitrogens is 1. The summed E-state index contributed by atoms with van der Waals surface area (Å²) in [6.07, 6.45) is 8.50. The fourth-order valence-electron chi connectivity index (χ4n) is 6.56. The molecule has 30 heavy (non-hydrogen) atoms. The van der Waals surface area contributed by atoms with Gasteiger partial charge in [0.25, 0.3) is 11.8 Å². The van der Waals surface area contributed by atoms with Gasteiger partial charge in [-0.15, -0.1) is 0 Å². The van der Waals surface area contributed by atoms with Crippen LogP contribution < -0.4 is 0 Å². The van der Waals surface area contributed by atoms with E-state index in [1.165, 1.54) is 12.8 Å². The molecular formula is C25H33N3O2. The van der Waals surface area contributed by atoms with Gasteiger partial charge in [-0.2, -0.15) is 0 Å². The summed E-state index contributed by atoms with van der Waals surface area (Å²) in [7, 11) is 0. The van der Waals surface area contributed by atoms with Crippen LogP contribution in [-0.4, -0.2) is 52.3 Å². The van der Waals surface area contributed by atoms with Gasteiger partial charge in [-0.25, -0.2) is 0 Å². The maximum Gasteiger partial charge on any atom is 0.256 e. The Balaban J connectivity index is 1.44. The maximum atomic E-state index is 13.5. The van der Waals surface area contributed by atoms with Gasteiger partial charge in [0.2, 0.25) is 0 Å². The van der Waals surface area contributed by atoms with Crippen molar-refractivity contribution in [1.29, 1.82) is 0 Å². The minimum absolute atomic E-state index is 0.0804. The summed E-state index contributed by atoms with van der Waals surface area (Å²) in [6.45, 7) is 9.48. The van der Waals surface area contributed by atoms with Crippen LogP contribution in [0, 0.1) is 10.8 Å². The average molecular weight is 408 g/mol. The van der Waals surface area contributed by atoms with E-state index in [9.17, 15) is 9.59 Å². The van der Waals surface area contributed by atoms with E-state index in [1.807, 2.05) is 29.3 Å². The van der Waals surface area contributed by atoms with Gasteiger partial charge in [0, 0.05) is 48.3 Å². The molecule has 2 unspecified atom stereocenters. The number of fused-ring (bicyclic) bond motifs is 3. The number of rotatable bonds is 2. The Morgan fingerprint density at radius 2 is 1.80 bits per heavy atom. The Morgan fingerprint density at radius 1 is 1.03 bits per heavy atom. The molecule has 0 radical (unpaired) electrons. The number of benzene rings is 1. The SMILES string of the molecule is CC1(C)CC2CC(C)(CN2C(=O)c2ccc3[nH]cc(C(=O)N4CCCCC4)c3c2)C1. The van der Waals surface area contributed by atoms with E-state index in [-0.39, 0.29) is 22.6 Å². The number of hydrogen-bond acceptors (Lipinski definition) is 2. The standard InChI is InChI=1S/C25H33N3O2/c1-24(2)12-18-13-25(3,15-24)16-28(18)22(29)17-7-8-21-19(11-17)20(14-26-21)23(30)27-9-5-4-6-10-27/h7-8,11,14,18,26H,4-6,9-10,12-13,15-16H2,1-3H3. The summed E-state index contributed by atoms with van der Waals surface area (Å²) < 4.78 is 0. The molecule has 0 spiro atoms. The molecule has 3 heterocycles. The lowest BCUT2D eigenvalue weighted by Gasteiger charge is -2.39. The molecule has 1 aromatic carbocycles. The predicted octanol–water partition coefficient (Wildman–Crippen LogP) is 4.83. The third-order valence-corrected chi connectivity index (χ3v) is 7.48. The summed E-state index contributed by atoms with van der Waals surface area (Å²) >= 11 is 0. The van der Waals surface area contributed by atoms with Crippen LogP contribution >= 0.6 is 0 Å². The van der Waals surface area contributed by atoms with E-state index in [2.05, 4.69) is 30.7 Å². The largest absolute Gasteiger partial charge is 0.360 e. The molecule has 2 atom stereocenters. The van der Waals surface area contributed by atoms with Crippen molar-refractivity contribution in [3.8, 4) is 0 Å². The summed E-state index contributed by atoms with van der Waals surface area (Å²) in [4.78, 5) is 33.9. The fourth-order valence-corrected chi connectivity index (χ4v) is 6.56. The molecule has 2 saturated heterocycles. The second-order valence-electron chi connectivity index (χ2n) is 11.0. The van der Waals surface area contributed by atoms with Gasteiger partial charge in [-0.3, -0.25) is 9.59 Å². The molecule has 2 amide bonds. The molecule has 5 nitrogen and oxygen atoms in total. The Labute approximate surface area is 178 Å². The van der Waals surface area contributed by atoms with Gasteiger partial charge >= 0.3 is 0 Å². The van der Waals surface area contributed by atoms with Crippen LogP contribution in [0.1, 0.15) is 80.0 Å². The van der Waals surface area contributed by atoms with E-state index < -0.39 is 0 Å². The highest BCUT2D eigenvalue weighted by molar-refractivity contribution is 6.09. The molecule has 160 valence electrons. The minimum atomic E-state index is 0.0804. The predicted molar refractivity (Wildman–Crippen MR) is 119 cm³/mol. The first-order valence-electron chi connectivity index (χ1n) is 11.5. The Hall–Kier alpha value is -2.30. The second kappa shape index (κ2) is 6.86. The zero-order valence-electron chi connectivity index (χ0n) is 18.5. The molecule has 2 bridgehead atoms. The molecule has 1 aromatic heterocycles. The van der Waals surface area contributed by atoms with Crippen molar-refractivity contribution in [2.75, 3.05) is 19.6 Å². The summed E-state index contributed by atoms with van der Waals surface area (Å²) in [6, 6.07) is 6.11. The molecule has 2 aliphatic heterocycles. The van der Waals surface area contributed by atoms with E-state index >= 15 is 0 Å². The monoisotopic (exact) mass is 407 g/mol. The van der Waals surface area contributed by atoms with E-state index in [4.69, 9.17) is 0 Å². The smallest absolute Gasteiger partial charge is 0.256 e. The van der Waals surface area contributed by atoms with Crippen LogP contribution in [0.3, 0.4) is 0 Å². The third kappa shape index (κ3) is 3.32. The zero-order valence-corrected chi connectivity index (χ0v) is 18.5. The Morgan fingerprint density at radius 3 is 2.57 bits per heavy atom. The number of amides is 2. The lowest BCUT2D eigenvalue weighted by Crippen LogP contribution is -2.37. The topological polar surface area (TPSA) is 56.4 Å². The number of piperidine rings is 1. The van der Waals surface area contributed by atoms with Crippen molar-refractivity contribution in [3.05, 3.63) is 35.5 Å². The average Bonchev–Trinajstić information content (AvgIpc) is 3.24. The quantitative estimate of drug-likeness (QED) is 0.775. The first-order chi connectivity index (χ1) is 14.2. The maximum absolute atomic E-state index is 13.5. The van der Waals surface area contributed by atoms with Crippen molar-refractivity contribution in [1.82, 2.24) is 14.8 Å². The number of carbonyl (C=O) groups excluding carboxylic acids is 2. The van der Waals surface area contributed by atoms with Crippen LogP contribution in [0.5, 0.6) is 0 Å². The van der Waals surface area contributed by atoms with Crippen LogP contribution in [0.2, 0.25) is 0 Å². The molecule has 3 aliphatic rings. The Kier molecular flexibility index (Phi) is 4.49. The van der Waals surface area contributed by atoms with E-state index in [1.54, 1.807) is 0 Å². The van der Waals surface area contributed by atoms with Gasteiger partial charge in [0.15, 0.2) is 0 Å². The number of nitrogens with zero attached hydrogens (tertiary/aromatic N) is 2. The summed E-state index contributed by atoms with van der Waals surface area (Å²) in [5.74, 6) is 0.192. The summed E-state index contributed by atoms with van der Waals surface area (Å²) in [5.41, 5.74) is 2.81. The highest BCUT2D eigenvalue weighted by Crippen LogP contribution is 2.52. The van der Waals surface area contributed by atoms with Crippen molar-refractivity contribution in [2.24, 2.45) is 10.8 Å². The van der Waals surface area contributed by atoms with Crippen molar-refractivity contribution < 1.29 is 9.59 Å². The van der Waals surface area contributed by atoms with E-state index in [0.29, 0.717) is 17.2 Å². The first-order valence-corrected chi connectivity index (χ1v) is 11.5. The summed E-state index contributed by atoms with van der Waals surface area (Å²) in [5, 5.41) is 0.866. The normalized spacial score (nSPS) is 28.2. The van der Waals surface area contributed by atoms with Gasteiger partial charge in [0.05, 0.1) is 5.56 Å². The van der Waals surface area contributed by atoms with E-state index in [0.717, 1.165) is 56.2 Å². The van der Waals surface area contributed by atoms with Crippen molar-refractivity contribution in [3.63, 3.8) is 0 Å². The van der Waals surface area contributed by atoms with Gasteiger partial charge in [0.1, 0.15) is 0 Å². The number of nitrogens with one attached hydrogen (secondary N) is 1. The Bertz CT molecular complexity index is 1000. The lowest BCUT2D eigenvalue weighted by molar-refractivity contribution is 0.0704. The zero-order chi connectivity index (χ0) is 21.1. The third-order valence-electron chi connectivity index (χ3n) is 7.48. The van der Waals surface area contributed by atoms with Gasteiger partial charge in [-0.05, 0) is 67.6 Å². The minimum Gasteiger partial charge on any atom is -0.360 e. The molecule has 2 aromatic rings. The molecular weight excluding hydrogens is 374 g/mol. The molecule has 5 rings (SSSR count). The number of aromatic amines is 1. The fraction of sp³-hybridized carbons (Fsp3) is 0.600. The number of likely N-dealkylation sites (tertiary alicyclic amines) is 2. The number of hydrogen-bond donors (Lipinski definition) is 1. The van der Waals surface area contributed by atoms with Crippen LogP contribution in [-0.2, 0) is 0 Å². The second-order valence-corrected chi connectivity index (χ2v) is 11.0. The van der Waals surface area contributed by atoms with Gasteiger partial charge in [-0.1, -0.05) is 20.8 Å². The van der Waals surface area contributed by atoms with Crippen LogP contribution in [0.25, 0.3) is 10.9 Å². The van der Waals surface area contributed by atoms with Crippen LogP contribution in [0.4, 0.5) is 0 Å². The van der Waals surface area contributed by atoms with Crippen molar-refractivity contribution in [2.45, 2.75) is 65.3 Å². The molecule has 3 fully saturated rings. The number of H-pyrrole nitrogens is 1. The van der Waals surface area contributed by atoms with Crippen molar-refractivity contribution >= 4 is 22.7 Å². The van der Waals surface area contributed by atoms with Gasteiger partial charge < -0.3 is 14.8 Å². The molecule has 1 saturated carbocycles. The molecule has 1 N–H and O–H groups in total. The highest BCUT2D eigenvalue weighted by atomic mass is 16.2. The number of carbonyl (C=O) groups is 2. The van der Waals surface area contributed by atoms with Crippen LogP contribution in [0.15, 0.2) is 24.4 Å².